The van der Waals surface area contributed by atoms with E-state index in [4.69, 9.17) is 23.6 Å². The van der Waals surface area contributed by atoms with Crippen molar-refractivity contribution in [2.24, 2.45) is 4.99 Å². The van der Waals surface area contributed by atoms with Crippen molar-refractivity contribution in [1.82, 2.24) is 4.57 Å². The summed E-state index contributed by atoms with van der Waals surface area (Å²) in [5, 5.41) is 0. The molecular weight excluding hydrogens is 504 g/mol. The van der Waals surface area contributed by atoms with Crippen LogP contribution in [-0.4, -0.2) is 31.4 Å². The summed E-state index contributed by atoms with van der Waals surface area (Å²) in [4.78, 5) is 32.7. The second-order valence-electron chi connectivity index (χ2n) is 8.49. The maximum absolute atomic E-state index is 13.9. The summed E-state index contributed by atoms with van der Waals surface area (Å²) in [6.07, 6.45) is 1.69. The van der Waals surface area contributed by atoms with Gasteiger partial charge in [-0.3, -0.25) is 9.36 Å². The number of hydrogen-bond acceptors (Lipinski definition) is 8. The second kappa shape index (κ2) is 10.5. The molecule has 9 heteroatoms. The van der Waals surface area contributed by atoms with Crippen molar-refractivity contribution in [2.45, 2.75) is 19.9 Å². The zero-order valence-electron chi connectivity index (χ0n) is 21.4. The van der Waals surface area contributed by atoms with Crippen LogP contribution in [0.15, 0.2) is 80.4 Å². The zero-order chi connectivity index (χ0) is 26.8. The highest BCUT2D eigenvalue weighted by atomic mass is 32.1. The van der Waals surface area contributed by atoms with E-state index in [1.165, 1.54) is 23.0 Å². The van der Waals surface area contributed by atoms with Gasteiger partial charge in [0.1, 0.15) is 11.5 Å². The third-order valence-corrected chi connectivity index (χ3v) is 7.11. The Morgan fingerprint density at radius 2 is 1.84 bits per heavy atom. The first-order valence-corrected chi connectivity index (χ1v) is 12.8. The quantitative estimate of drug-likeness (QED) is 0.337. The van der Waals surface area contributed by atoms with Gasteiger partial charge >= 0.3 is 5.97 Å². The van der Waals surface area contributed by atoms with Crippen molar-refractivity contribution in [3.05, 3.63) is 109 Å². The third kappa shape index (κ3) is 4.56. The van der Waals surface area contributed by atoms with Crippen molar-refractivity contribution < 1.29 is 23.4 Å². The van der Waals surface area contributed by atoms with Gasteiger partial charge in [-0.05, 0) is 43.7 Å². The summed E-state index contributed by atoms with van der Waals surface area (Å²) in [5.74, 6) is 1.75. The van der Waals surface area contributed by atoms with Gasteiger partial charge in [0.25, 0.3) is 5.56 Å². The number of hydrogen-bond donors (Lipinski definition) is 0. The van der Waals surface area contributed by atoms with Crippen LogP contribution >= 0.6 is 11.3 Å². The van der Waals surface area contributed by atoms with E-state index < -0.39 is 12.0 Å². The first-order chi connectivity index (χ1) is 18.4. The van der Waals surface area contributed by atoms with Crippen LogP contribution < -0.4 is 24.4 Å². The van der Waals surface area contributed by atoms with Crippen LogP contribution in [0.4, 0.5) is 0 Å². The smallest absolute Gasteiger partial charge is 0.338 e. The van der Waals surface area contributed by atoms with E-state index in [1.807, 2.05) is 49.4 Å². The van der Waals surface area contributed by atoms with Gasteiger partial charge in [-0.15, -0.1) is 0 Å². The van der Waals surface area contributed by atoms with Gasteiger partial charge in [0, 0.05) is 11.6 Å². The Labute approximate surface area is 222 Å². The number of benzene rings is 2. The molecule has 0 N–H and O–H groups in total. The first kappa shape index (κ1) is 25.3. The number of aromatic nitrogens is 1. The maximum atomic E-state index is 13.9. The van der Waals surface area contributed by atoms with Gasteiger partial charge in [0.15, 0.2) is 16.3 Å². The molecule has 1 aliphatic rings. The highest BCUT2D eigenvalue weighted by Crippen LogP contribution is 2.38. The van der Waals surface area contributed by atoms with Crippen molar-refractivity contribution in [1.29, 1.82) is 0 Å². The van der Waals surface area contributed by atoms with E-state index in [1.54, 1.807) is 38.3 Å². The third-order valence-electron chi connectivity index (χ3n) is 6.13. The number of rotatable bonds is 7. The van der Waals surface area contributed by atoms with Crippen molar-refractivity contribution in [3.63, 3.8) is 0 Å². The Morgan fingerprint density at radius 1 is 1.08 bits per heavy atom. The average molecular weight is 531 g/mol. The molecule has 0 bridgehead atoms. The summed E-state index contributed by atoms with van der Waals surface area (Å²) in [6, 6.07) is 17.6. The van der Waals surface area contributed by atoms with Crippen LogP contribution in [0.5, 0.6) is 11.5 Å². The fraction of sp³-hybridized carbons (Fsp3) is 0.207. The summed E-state index contributed by atoms with van der Waals surface area (Å²) in [7, 11) is 3.09. The number of fused-ring (bicyclic) bond motifs is 1. The molecule has 8 nitrogen and oxygen atoms in total. The van der Waals surface area contributed by atoms with E-state index in [0.717, 1.165) is 11.3 Å². The normalized spacial score (nSPS) is 15.2. The number of aryl methyl sites for hydroxylation is 1. The number of esters is 1. The van der Waals surface area contributed by atoms with Gasteiger partial charge in [0.05, 0.1) is 42.7 Å². The topological polar surface area (TPSA) is 92.3 Å². The Kier molecular flexibility index (Phi) is 7.02. The Hall–Kier alpha value is -4.37. The van der Waals surface area contributed by atoms with E-state index in [-0.39, 0.29) is 17.7 Å². The molecule has 5 rings (SSSR count). The number of furan rings is 1. The number of ether oxygens (including phenoxy) is 3. The lowest BCUT2D eigenvalue weighted by Crippen LogP contribution is -2.40. The molecule has 0 radical (unpaired) electrons. The van der Waals surface area contributed by atoms with Gasteiger partial charge in [-0.25, -0.2) is 9.79 Å². The second-order valence-corrected chi connectivity index (χ2v) is 9.50. The minimum absolute atomic E-state index is 0.172. The molecule has 1 aliphatic heterocycles. The Morgan fingerprint density at radius 3 is 2.50 bits per heavy atom. The van der Waals surface area contributed by atoms with E-state index in [9.17, 15) is 9.59 Å². The predicted octanol–water partition coefficient (Wildman–Crippen LogP) is 3.85. The molecule has 1 atom stereocenters. The van der Waals surface area contributed by atoms with Gasteiger partial charge in [-0.2, -0.15) is 0 Å². The van der Waals surface area contributed by atoms with Crippen LogP contribution in [-0.2, 0) is 9.53 Å². The Bertz CT molecular complexity index is 1710. The van der Waals surface area contributed by atoms with Crippen LogP contribution in [0.1, 0.15) is 35.6 Å². The molecule has 0 spiro atoms. The highest BCUT2D eigenvalue weighted by Gasteiger charge is 2.35. The van der Waals surface area contributed by atoms with E-state index in [0.29, 0.717) is 37.9 Å². The number of carbonyl (C=O) groups is 1. The summed E-state index contributed by atoms with van der Waals surface area (Å²) in [6.45, 7) is 3.76. The van der Waals surface area contributed by atoms with Crippen LogP contribution in [0, 0.1) is 6.92 Å². The standard InChI is InChI=1S/C29H26N2O6S/c1-5-36-28(33)24-25(18-9-7-6-8-10-18)30-29-31(26(24)19-12-14-21(34-3)22(15-19)35-4)27(32)23(38-29)16-20-13-11-17(2)37-20/h6-16,26H,5H2,1-4H3/b23-16-/t26-/m0/s1. The number of carbonyl (C=O) groups excluding carboxylic acids is 1. The minimum Gasteiger partial charge on any atom is -0.493 e. The first-order valence-electron chi connectivity index (χ1n) is 12.0. The number of methoxy groups -OCH3 is 2. The van der Waals surface area contributed by atoms with Crippen molar-refractivity contribution in [2.75, 3.05) is 20.8 Å². The van der Waals surface area contributed by atoms with Crippen LogP contribution in [0.25, 0.3) is 11.8 Å². The Balaban J connectivity index is 1.85. The molecule has 2 aromatic carbocycles. The van der Waals surface area contributed by atoms with Crippen LogP contribution in [0.3, 0.4) is 0 Å². The predicted molar refractivity (Wildman–Crippen MR) is 144 cm³/mol. The SMILES string of the molecule is CCOC(=O)C1=C(c2ccccc2)N=c2s/c(=C\c3ccc(C)o3)c(=O)n2[C@H]1c1ccc(OC)c(OC)c1. The van der Waals surface area contributed by atoms with Crippen molar-refractivity contribution in [3.8, 4) is 11.5 Å². The molecule has 194 valence electrons. The summed E-state index contributed by atoms with van der Waals surface area (Å²) in [5.41, 5.74) is 1.80. The molecule has 38 heavy (non-hydrogen) atoms. The average Bonchev–Trinajstić information content (AvgIpc) is 3.49. The number of nitrogens with zero attached hydrogens (tertiary/aromatic N) is 2. The molecule has 0 unspecified atom stereocenters. The zero-order valence-corrected chi connectivity index (χ0v) is 22.2. The minimum atomic E-state index is -0.819. The molecule has 0 aliphatic carbocycles. The summed E-state index contributed by atoms with van der Waals surface area (Å²) >= 11 is 1.23. The molecule has 0 fully saturated rings. The largest absolute Gasteiger partial charge is 0.493 e. The molecule has 0 saturated heterocycles. The lowest BCUT2D eigenvalue weighted by molar-refractivity contribution is -0.138. The van der Waals surface area contributed by atoms with Gasteiger partial charge in [-0.1, -0.05) is 47.7 Å². The maximum Gasteiger partial charge on any atom is 0.338 e. The molecule has 2 aromatic heterocycles. The highest BCUT2D eigenvalue weighted by molar-refractivity contribution is 7.07. The fourth-order valence-electron chi connectivity index (χ4n) is 4.44. The molecule has 3 heterocycles. The van der Waals surface area contributed by atoms with Gasteiger partial charge < -0.3 is 18.6 Å². The monoisotopic (exact) mass is 530 g/mol. The van der Waals surface area contributed by atoms with Gasteiger partial charge in [0.2, 0.25) is 0 Å². The number of thiazole rings is 1. The van der Waals surface area contributed by atoms with E-state index >= 15 is 0 Å². The fourth-order valence-corrected chi connectivity index (χ4v) is 5.42. The van der Waals surface area contributed by atoms with E-state index in [2.05, 4.69) is 0 Å². The molecule has 0 amide bonds. The van der Waals surface area contributed by atoms with Crippen molar-refractivity contribution >= 4 is 29.1 Å². The molecular formula is C29H26N2O6S. The lowest BCUT2D eigenvalue weighted by atomic mass is 9.93. The molecule has 4 aromatic rings. The lowest BCUT2D eigenvalue weighted by Gasteiger charge is -2.26. The molecule has 0 saturated carbocycles. The van der Waals surface area contributed by atoms with Crippen LogP contribution in [0.2, 0.25) is 0 Å². The summed E-state index contributed by atoms with van der Waals surface area (Å²) < 4.78 is 24.1.